The lowest BCUT2D eigenvalue weighted by Gasteiger charge is -2.08. The minimum atomic E-state index is -0.467. The van der Waals surface area contributed by atoms with Gasteiger partial charge in [-0.05, 0) is 12.1 Å². The van der Waals surface area contributed by atoms with Crippen LogP contribution in [-0.4, -0.2) is 30.1 Å². The van der Waals surface area contributed by atoms with E-state index in [-0.39, 0.29) is 0 Å². The maximum absolute atomic E-state index is 11.5. The Bertz CT molecular complexity index is 617. The summed E-state index contributed by atoms with van der Waals surface area (Å²) in [5, 5.41) is 2.87. The highest BCUT2D eigenvalue weighted by molar-refractivity contribution is 9.10. The Kier molecular flexibility index (Phi) is 4.11. The van der Waals surface area contributed by atoms with Crippen molar-refractivity contribution < 1.29 is 9.53 Å². The first-order valence-electron chi connectivity index (χ1n) is 5.54. The van der Waals surface area contributed by atoms with Crippen molar-refractivity contribution in [3.8, 4) is 11.4 Å². The second-order valence-corrected chi connectivity index (χ2v) is 4.62. The zero-order chi connectivity index (χ0) is 13.8. The van der Waals surface area contributed by atoms with Crippen LogP contribution >= 0.6 is 15.9 Å². The fraction of sp³-hybridized carbons (Fsp3) is 0.154. The fourth-order valence-corrected chi connectivity index (χ4v) is 2.00. The molecule has 0 saturated carbocycles. The molecule has 6 heteroatoms. The molecule has 0 unspecified atom stereocenters. The van der Waals surface area contributed by atoms with Gasteiger partial charge in [0.25, 0.3) is 0 Å². The van der Waals surface area contributed by atoms with Gasteiger partial charge in [-0.15, -0.1) is 0 Å². The van der Waals surface area contributed by atoms with E-state index in [9.17, 15) is 4.79 Å². The fourth-order valence-electron chi connectivity index (χ4n) is 1.60. The number of hydrogen-bond donors (Lipinski definition) is 1. The normalized spacial score (nSPS) is 10.1. The van der Waals surface area contributed by atoms with Crippen LogP contribution < -0.4 is 5.32 Å². The molecule has 2 aromatic rings. The van der Waals surface area contributed by atoms with Gasteiger partial charge in [0.2, 0.25) is 0 Å². The van der Waals surface area contributed by atoms with E-state index in [1.54, 1.807) is 7.05 Å². The summed E-state index contributed by atoms with van der Waals surface area (Å²) in [6.45, 7) is 0. The summed E-state index contributed by atoms with van der Waals surface area (Å²) in [4.78, 5) is 20.1. The van der Waals surface area contributed by atoms with Gasteiger partial charge in [-0.2, -0.15) is 0 Å². The van der Waals surface area contributed by atoms with Gasteiger partial charge in [0.1, 0.15) is 11.4 Å². The molecule has 1 heterocycles. The SMILES string of the molecule is CNc1nc(-c2cccc(Br)c2)ncc1C(=O)OC. The highest BCUT2D eigenvalue weighted by atomic mass is 79.9. The number of rotatable bonds is 3. The van der Waals surface area contributed by atoms with Crippen LogP contribution in [0.3, 0.4) is 0 Å². The van der Waals surface area contributed by atoms with Crippen molar-refractivity contribution in [2.75, 3.05) is 19.5 Å². The first-order chi connectivity index (χ1) is 9.15. The number of aromatic nitrogens is 2. The molecule has 2 rings (SSSR count). The van der Waals surface area contributed by atoms with Crippen LogP contribution in [-0.2, 0) is 4.74 Å². The number of hydrogen-bond acceptors (Lipinski definition) is 5. The number of nitrogens with zero attached hydrogens (tertiary/aromatic N) is 2. The molecule has 19 heavy (non-hydrogen) atoms. The van der Waals surface area contributed by atoms with Gasteiger partial charge in [0.15, 0.2) is 5.82 Å². The Labute approximate surface area is 119 Å². The minimum Gasteiger partial charge on any atom is -0.465 e. The van der Waals surface area contributed by atoms with Crippen molar-refractivity contribution in [2.24, 2.45) is 0 Å². The lowest BCUT2D eigenvalue weighted by molar-refractivity contribution is 0.0601. The molecule has 5 nitrogen and oxygen atoms in total. The van der Waals surface area contributed by atoms with Crippen molar-refractivity contribution in [2.45, 2.75) is 0 Å². The topological polar surface area (TPSA) is 64.1 Å². The highest BCUT2D eigenvalue weighted by Gasteiger charge is 2.14. The smallest absolute Gasteiger partial charge is 0.343 e. The van der Waals surface area contributed by atoms with E-state index in [0.717, 1.165) is 10.0 Å². The Morgan fingerprint density at radius 2 is 2.21 bits per heavy atom. The Morgan fingerprint density at radius 1 is 1.42 bits per heavy atom. The second kappa shape index (κ2) is 5.79. The van der Waals surface area contributed by atoms with Gasteiger partial charge >= 0.3 is 5.97 Å². The summed E-state index contributed by atoms with van der Waals surface area (Å²) >= 11 is 3.40. The van der Waals surface area contributed by atoms with Gasteiger partial charge in [-0.1, -0.05) is 28.1 Å². The van der Waals surface area contributed by atoms with Crippen molar-refractivity contribution in [1.82, 2.24) is 9.97 Å². The van der Waals surface area contributed by atoms with Gasteiger partial charge in [0.05, 0.1) is 7.11 Å². The van der Waals surface area contributed by atoms with Crippen LogP contribution in [0.2, 0.25) is 0 Å². The van der Waals surface area contributed by atoms with E-state index < -0.39 is 5.97 Å². The van der Waals surface area contributed by atoms with Crippen molar-refractivity contribution in [3.63, 3.8) is 0 Å². The monoisotopic (exact) mass is 321 g/mol. The third-order valence-corrected chi connectivity index (χ3v) is 3.01. The van der Waals surface area contributed by atoms with E-state index in [1.165, 1.54) is 13.3 Å². The first-order valence-corrected chi connectivity index (χ1v) is 6.34. The number of nitrogens with one attached hydrogen (secondary N) is 1. The molecule has 0 aliphatic heterocycles. The average molecular weight is 322 g/mol. The standard InChI is InChI=1S/C13H12BrN3O2/c1-15-12-10(13(18)19-2)7-16-11(17-12)8-4-3-5-9(14)6-8/h3-7H,1-2H3,(H,15,16,17). The lowest BCUT2D eigenvalue weighted by atomic mass is 10.2. The predicted octanol–water partition coefficient (Wildman–Crippen LogP) is 2.73. The first kappa shape index (κ1) is 13.5. The molecular weight excluding hydrogens is 310 g/mol. The summed E-state index contributed by atoms with van der Waals surface area (Å²) in [6.07, 6.45) is 1.46. The number of esters is 1. The molecule has 1 aromatic carbocycles. The van der Waals surface area contributed by atoms with Gasteiger partial charge in [0, 0.05) is 23.3 Å². The molecule has 0 aliphatic rings. The van der Waals surface area contributed by atoms with Gasteiger partial charge in [-0.25, -0.2) is 14.8 Å². The maximum atomic E-state index is 11.5. The Hall–Kier alpha value is -1.95. The Morgan fingerprint density at radius 3 is 2.84 bits per heavy atom. The molecule has 0 radical (unpaired) electrons. The molecule has 0 atom stereocenters. The lowest BCUT2D eigenvalue weighted by Crippen LogP contribution is -2.09. The quantitative estimate of drug-likeness (QED) is 0.880. The number of benzene rings is 1. The minimum absolute atomic E-state index is 0.309. The van der Waals surface area contributed by atoms with Crippen molar-refractivity contribution in [1.29, 1.82) is 0 Å². The van der Waals surface area contributed by atoms with Crippen LogP contribution in [0.1, 0.15) is 10.4 Å². The van der Waals surface area contributed by atoms with E-state index in [2.05, 4.69) is 36.0 Å². The molecule has 0 aliphatic carbocycles. The van der Waals surface area contributed by atoms with Crippen molar-refractivity contribution >= 4 is 27.7 Å². The molecule has 0 spiro atoms. The van der Waals surface area contributed by atoms with Gasteiger partial charge < -0.3 is 10.1 Å². The van der Waals surface area contributed by atoms with E-state index >= 15 is 0 Å². The molecule has 0 bridgehead atoms. The van der Waals surface area contributed by atoms with Crippen LogP contribution in [0.25, 0.3) is 11.4 Å². The number of carbonyl (C=O) groups excluding carboxylic acids is 1. The average Bonchev–Trinajstić information content (AvgIpc) is 2.45. The number of ether oxygens (including phenoxy) is 1. The summed E-state index contributed by atoms with van der Waals surface area (Å²) in [7, 11) is 3.02. The number of halogens is 1. The molecule has 1 N–H and O–H groups in total. The summed E-state index contributed by atoms with van der Waals surface area (Å²) in [6, 6.07) is 7.63. The third kappa shape index (κ3) is 2.90. The molecule has 0 fully saturated rings. The van der Waals surface area contributed by atoms with E-state index in [4.69, 9.17) is 0 Å². The zero-order valence-corrected chi connectivity index (χ0v) is 12.1. The second-order valence-electron chi connectivity index (χ2n) is 3.71. The maximum Gasteiger partial charge on any atom is 0.343 e. The highest BCUT2D eigenvalue weighted by Crippen LogP contribution is 2.22. The van der Waals surface area contributed by atoms with E-state index in [1.807, 2.05) is 24.3 Å². The van der Waals surface area contributed by atoms with Gasteiger partial charge in [-0.3, -0.25) is 0 Å². The number of anilines is 1. The largest absolute Gasteiger partial charge is 0.465 e. The van der Waals surface area contributed by atoms with Crippen LogP contribution in [0.5, 0.6) is 0 Å². The number of methoxy groups -OCH3 is 1. The summed E-state index contributed by atoms with van der Waals surface area (Å²) in [5.74, 6) is 0.514. The molecule has 1 aromatic heterocycles. The summed E-state index contributed by atoms with van der Waals surface area (Å²) in [5.41, 5.74) is 1.17. The molecular formula is C13H12BrN3O2. The Balaban J connectivity index is 2.47. The number of carbonyl (C=O) groups is 1. The van der Waals surface area contributed by atoms with Crippen molar-refractivity contribution in [3.05, 3.63) is 40.5 Å². The molecule has 0 saturated heterocycles. The molecule has 0 amide bonds. The summed E-state index contributed by atoms with van der Waals surface area (Å²) < 4.78 is 5.62. The van der Waals surface area contributed by atoms with Crippen LogP contribution in [0.15, 0.2) is 34.9 Å². The zero-order valence-electron chi connectivity index (χ0n) is 10.5. The van der Waals surface area contributed by atoms with Crippen LogP contribution in [0.4, 0.5) is 5.82 Å². The molecule has 98 valence electrons. The van der Waals surface area contributed by atoms with E-state index in [0.29, 0.717) is 17.2 Å². The van der Waals surface area contributed by atoms with Crippen LogP contribution in [0, 0.1) is 0 Å². The predicted molar refractivity (Wildman–Crippen MR) is 76.1 cm³/mol. The third-order valence-electron chi connectivity index (χ3n) is 2.51.